The largest absolute Gasteiger partial charge is 0.363 e. The van der Waals surface area contributed by atoms with Crippen molar-refractivity contribution in [3.63, 3.8) is 0 Å². The van der Waals surface area contributed by atoms with E-state index in [9.17, 15) is 0 Å². The number of hydrogen-bond acceptors (Lipinski definition) is 8. The van der Waals surface area contributed by atoms with Gasteiger partial charge >= 0.3 is 0 Å². The average molecular weight is 402 g/mol. The molecule has 0 N–H and O–H groups in total. The van der Waals surface area contributed by atoms with Gasteiger partial charge in [0.25, 0.3) is 0 Å². The van der Waals surface area contributed by atoms with Crippen molar-refractivity contribution in [1.82, 2.24) is 0 Å². The maximum Gasteiger partial charge on any atom is 0.141 e. The molecule has 0 bridgehead atoms. The van der Waals surface area contributed by atoms with E-state index >= 15 is 0 Å². The van der Waals surface area contributed by atoms with Crippen LogP contribution in [0.3, 0.4) is 0 Å². The van der Waals surface area contributed by atoms with Gasteiger partial charge in [0.2, 0.25) is 0 Å². The van der Waals surface area contributed by atoms with Gasteiger partial charge in [-0.3, -0.25) is 0 Å². The van der Waals surface area contributed by atoms with Crippen molar-refractivity contribution in [3.8, 4) is 24.3 Å². The molecule has 0 aliphatic heterocycles. The molecule has 0 aromatic heterocycles. The van der Waals surface area contributed by atoms with Crippen LogP contribution >= 0.6 is 0 Å². The Hall–Kier alpha value is -2.20. The molecule has 0 saturated heterocycles. The lowest BCUT2D eigenvalue weighted by Gasteiger charge is -2.28. The molecule has 8 atom stereocenters. The van der Waals surface area contributed by atoms with Gasteiger partial charge in [-0.2, -0.15) is 21.0 Å². The molecule has 8 unspecified atom stereocenters. The second kappa shape index (κ2) is 13.1. The van der Waals surface area contributed by atoms with Crippen molar-refractivity contribution < 1.29 is 18.9 Å². The van der Waals surface area contributed by atoms with Gasteiger partial charge in [0.1, 0.15) is 24.4 Å². The van der Waals surface area contributed by atoms with E-state index in [1.54, 1.807) is 27.7 Å². The SMILES string of the molecule is CC(C#N)OCC1CC(COC(C)C#N)C(COC(C)C#N)C1COC(C)C#N. The second-order valence-electron chi connectivity index (χ2n) is 7.50. The van der Waals surface area contributed by atoms with Gasteiger partial charge in [-0.1, -0.05) is 0 Å². The number of rotatable bonds is 12. The third-order valence-corrected chi connectivity index (χ3v) is 5.29. The third kappa shape index (κ3) is 8.36. The van der Waals surface area contributed by atoms with Crippen LogP contribution in [0.15, 0.2) is 0 Å². The summed E-state index contributed by atoms with van der Waals surface area (Å²) in [5.41, 5.74) is 0. The van der Waals surface area contributed by atoms with Crippen LogP contribution in [0.4, 0.5) is 0 Å². The van der Waals surface area contributed by atoms with Crippen LogP contribution in [0.1, 0.15) is 34.1 Å². The zero-order valence-electron chi connectivity index (χ0n) is 17.6. The number of nitrogens with zero attached hydrogens (tertiary/aromatic N) is 4. The fraction of sp³-hybridized carbons (Fsp3) is 0.810. The first-order chi connectivity index (χ1) is 13.9. The van der Waals surface area contributed by atoms with E-state index in [0.29, 0.717) is 26.4 Å². The summed E-state index contributed by atoms with van der Waals surface area (Å²) < 4.78 is 22.7. The van der Waals surface area contributed by atoms with E-state index in [0.717, 1.165) is 6.42 Å². The Bertz CT molecular complexity index is 604. The highest BCUT2D eigenvalue weighted by Gasteiger charge is 2.44. The third-order valence-electron chi connectivity index (χ3n) is 5.29. The van der Waals surface area contributed by atoms with Gasteiger partial charge < -0.3 is 18.9 Å². The van der Waals surface area contributed by atoms with Crippen molar-refractivity contribution in [2.45, 2.75) is 58.5 Å². The topological polar surface area (TPSA) is 132 Å². The maximum atomic E-state index is 9.03. The molecule has 1 saturated carbocycles. The summed E-state index contributed by atoms with van der Waals surface area (Å²) in [6.45, 7) is 8.25. The smallest absolute Gasteiger partial charge is 0.141 e. The highest BCUT2D eigenvalue weighted by molar-refractivity contribution is 4.94. The van der Waals surface area contributed by atoms with E-state index in [1.807, 2.05) is 0 Å². The van der Waals surface area contributed by atoms with Crippen molar-refractivity contribution in [3.05, 3.63) is 0 Å². The molecule has 1 aliphatic rings. The molecular weight excluding hydrogens is 372 g/mol. The fourth-order valence-corrected chi connectivity index (χ4v) is 3.54. The molecule has 0 amide bonds. The molecule has 29 heavy (non-hydrogen) atoms. The van der Waals surface area contributed by atoms with Crippen molar-refractivity contribution in [2.24, 2.45) is 23.7 Å². The lowest BCUT2D eigenvalue weighted by molar-refractivity contribution is -0.0231. The number of nitriles is 4. The Morgan fingerprint density at radius 1 is 0.586 bits per heavy atom. The highest BCUT2D eigenvalue weighted by Crippen LogP contribution is 2.43. The van der Waals surface area contributed by atoms with E-state index in [1.165, 1.54) is 0 Å². The van der Waals surface area contributed by atoms with Crippen LogP contribution in [0.25, 0.3) is 0 Å². The standard InChI is InChI=1S/C21H30N4O4/c1-14(6-22)26-10-18-5-19(11-27-15(2)7-23)21(13-29-17(4)9-25)20(18)12-28-16(3)8-24/h14-21H,5,10-13H2,1-4H3. The summed E-state index contributed by atoms with van der Waals surface area (Å²) in [5.74, 6) is 0.226. The van der Waals surface area contributed by atoms with Crippen LogP contribution in [0.2, 0.25) is 0 Å². The molecule has 0 aromatic carbocycles. The summed E-state index contributed by atoms with van der Waals surface area (Å²) >= 11 is 0. The van der Waals surface area contributed by atoms with Gasteiger partial charge in [0, 0.05) is 0 Å². The monoisotopic (exact) mass is 402 g/mol. The number of ether oxygens (including phenoxy) is 4. The molecule has 158 valence electrons. The summed E-state index contributed by atoms with van der Waals surface area (Å²) in [4.78, 5) is 0. The lowest BCUT2D eigenvalue weighted by atomic mass is 9.88. The van der Waals surface area contributed by atoms with Gasteiger partial charge in [-0.25, -0.2) is 0 Å². The Morgan fingerprint density at radius 2 is 0.862 bits per heavy atom. The summed E-state index contributed by atoms with van der Waals surface area (Å²) in [5, 5.41) is 36.1. The summed E-state index contributed by atoms with van der Waals surface area (Å²) in [6.07, 6.45) is -1.35. The van der Waals surface area contributed by atoms with Crippen molar-refractivity contribution >= 4 is 0 Å². The molecule has 0 heterocycles. The second-order valence-corrected chi connectivity index (χ2v) is 7.50. The van der Waals surface area contributed by atoms with Crippen LogP contribution in [0.5, 0.6) is 0 Å². The van der Waals surface area contributed by atoms with Crippen LogP contribution in [-0.4, -0.2) is 50.8 Å². The van der Waals surface area contributed by atoms with Gasteiger partial charge in [-0.05, 0) is 57.8 Å². The first-order valence-corrected chi connectivity index (χ1v) is 9.91. The molecule has 1 aliphatic carbocycles. The Morgan fingerprint density at radius 3 is 1.14 bits per heavy atom. The van der Waals surface area contributed by atoms with E-state index in [2.05, 4.69) is 24.3 Å². The molecule has 0 spiro atoms. The summed E-state index contributed by atoms with van der Waals surface area (Å²) in [7, 11) is 0. The minimum Gasteiger partial charge on any atom is -0.363 e. The first-order valence-electron chi connectivity index (χ1n) is 9.91. The quantitative estimate of drug-likeness (QED) is 0.486. The van der Waals surface area contributed by atoms with Gasteiger partial charge in [0.05, 0.1) is 50.7 Å². The Labute approximate surface area is 173 Å². The minimum absolute atomic E-state index is 0.0218. The lowest BCUT2D eigenvalue weighted by Crippen LogP contribution is -2.32. The molecule has 0 radical (unpaired) electrons. The fourth-order valence-electron chi connectivity index (χ4n) is 3.54. The molecule has 0 aromatic rings. The first kappa shape index (κ1) is 24.8. The predicted octanol–water partition coefficient (Wildman–Crippen LogP) is 2.57. The van der Waals surface area contributed by atoms with E-state index < -0.39 is 24.4 Å². The van der Waals surface area contributed by atoms with E-state index in [-0.39, 0.29) is 23.7 Å². The zero-order valence-corrected chi connectivity index (χ0v) is 17.6. The molecular formula is C21H30N4O4. The average Bonchev–Trinajstić information content (AvgIpc) is 3.08. The predicted molar refractivity (Wildman–Crippen MR) is 103 cm³/mol. The van der Waals surface area contributed by atoms with Crippen molar-refractivity contribution in [1.29, 1.82) is 21.0 Å². The van der Waals surface area contributed by atoms with Gasteiger partial charge in [0.15, 0.2) is 0 Å². The molecule has 8 nitrogen and oxygen atoms in total. The van der Waals surface area contributed by atoms with Crippen LogP contribution < -0.4 is 0 Å². The normalized spacial score (nSPS) is 27.6. The minimum atomic E-state index is -0.539. The molecule has 1 rings (SSSR count). The van der Waals surface area contributed by atoms with Crippen molar-refractivity contribution in [2.75, 3.05) is 26.4 Å². The molecule has 1 fully saturated rings. The number of hydrogen-bond donors (Lipinski definition) is 0. The van der Waals surface area contributed by atoms with Crippen LogP contribution in [-0.2, 0) is 18.9 Å². The Balaban J connectivity index is 2.96. The molecule has 8 heteroatoms. The van der Waals surface area contributed by atoms with Gasteiger partial charge in [-0.15, -0.1) is 0 Å². The van der Waals surface area contributed by atoms with E-state index in [4.69, 9.17) is 40.0 Å². The maximum absolute atomic E-state index is 9.03. The summed E-state index contributed by atoms with van der Waals surface area (Å²) in [6, 6.07) is 8.25. The zero-order chi connectivity index (χ0) is 21.8. The van der Waals surface area contributed by atoms with Crippen LogP contribution in [0, 0.1) is 69.0 Å². The Kier molecular flexibility index (Phi) is 11.2. The highest BCUT2D eigenvalue weighted by atomic mass is 16.5.